The van der Waals surface area contributed by atoms with Crippen molar-refractivity contribution in [1.29, 1.82) is 0 Å². The average Bonchev–Trinajstić information content (AvgIpc) is 2.90. The summed E-state index contributed by atoms with van der Waals surface area (Å²) in [6.07, 6.45) is 1.92. The molecule has 2 nitrogen and oxygen atoms in total. The van der Waals surface area contributed by atoms with E-state index in [9.17, 15) is 0 Å². The lowest BCUT2D eigenvalue weighted by molar-refractivity contribution is 1.41. The molecule has 2 aromatic carbocycles. The number of hydrogen-bond acceptors (Lipinski definition) is 3. The van der Waals surface area contributed by atoms with E-state index >= 15 is 0 Å². The first-order valence-electron chi connectivity index (χ1n) is 5.70. The fraction of sp³-hybridized carbons (Fsp3) is 0. The summed E-state index contributed by atoms with van der Waals surface area (Å²) in [5, 5.41) is 1.02. The maximum atomic E-state index is 5.68. The van der Waals surface area contributed by atoms with E-state index in [2.05, 4.69) is 17.1 Å². The van der Waals surface area contributed by atoms with Crippen LogP contribution in [0.4, 0.5) is 5.69 Å². The Kier molecular flexibility index (Phi) is 2.82. The fourth-order valence-corrected chi connectivity index (χ4v) is 2.70. The summed E-state index contributed by atoms with van der Waals surface area (Å²) in [6, 6.07) is 18.1. The van der Waals surface area contributed by atoms with E-state index in [1.807, 2.05) is 48.7 Å². The molecule has 0 aliphatic carbocycles. The molecule has 3 aromatic rings. The van der Waals surface area contributed by atoms with E-state index in [0.717, 1.165) is 16.3 Å². The fourth-order valence-electron chi connectivity index (χ4n) is 1.77. The molecule has 2 N–H and O–H groups in total. The first-order valence-corrected chi connectivity index (χ1v) is 6.52. The van der Waals surface area contributed by atoms with Gasteiger partial charge in [-0.3, -0.25) is 0 Å². The summed E-state index contributed by atoms with van der Waals surface area (Å²) >= 11 is 1.69. The van der Waals surface area contributed by atoms with E-state index < -0.39 is 0 Å². The Morgan fingerprint density at radius 3 is 2.28 bits per heavy atom. The van der Waals surface area contributed by atoms with Gasteiger partial charge in [-0.15, -0.1) is 11.3 Å². The van der Waals surface area contributed by atoms with Gasteiger partial charge < -0.3 is 5.73 Å². The lowest BCUT2D eigenvalue weighted by Crippen LogP contribution is -1.82. The zero-order valence-electron chi connectivity index (χ0n) is 9.71. The third-order valence-corrected chi connectivity index (χ3v) is 3.82. The van der Waals surface area contributed by atoms with Gasteiger partial charge in [-0.25, -0.2) is 4.98 Å². The molecule has 0 spiro atoms. The Balaban J connectivity index is 1.97. The predicted octanol–water partition coefficient (Wildman–Crippen LogP) is 4.06. The Hall–Kier alpha value is -2.13. The van der Waals surface area contributed by atoms with Crippen molar-refractivity contribution >= 4 is 17.0 Å². The third-order valence-electron chi connectivity index (χ3n) is 2.72. The molecular formula is C15H12N2S. The minimum Gasteiger partial charge on any atom is -0.399 e. The minimum atomic E-state index is 0.776. The number of nitrogen functional groups attached to an aromatic ring is 1. The van der Waals surface area contributed by atoms with E-state index in [-0.39, 0.29) is 0 Å². The third kappa shape index (κ3) is 2.13. The SMILES string of the molecule is Nc1ccc(-c2ncc(-c3ccccc3)s2)cc1. The maximum absolute atomic E-state index is 5.68. The van der Waals surface area contributed by atoms with Crippen LogP contribution in [0, 0.1) is 0 Å². The van der Waals surface area contributed by atoms with Crippen LogP contribution in [0.2, 0.25) is 0 Å². The van der Waals surface area contributed by atoms with Crippen molar-refractivity contribution < 1.29 is 0 Å². The van der Waals surface area contributed by atoms with Crippen LogP contribution in [0.1, 0.15) is 0 Å². The quantitative estimate of drug-likeness (QED) is 0.698. The van der Waals surface area contributed by atoms with Gasteiger partial charge >= 0.3 is 0 Å². The molecule has 1 heterocycles. The highest BCUT2D eigenvalue weighted by atomic mass is 32.1. The maximum Gasteiger partial charge on any atom is 0.123 e. The molecule has 3 heteroatoms. The number of benzene rings is 2. The molecule has 18 heavy (non-hydrogen) atoms. The van der Waals surface area contributed by atoms with Gasteiger partial charge in [-0.1, -0.05) is 30.3 Å². The van der Waals surface area contributed by atoms with Gasteiger partial charge in [-0.2, -0.15) is 0 Å². The molecule has 0 atom stereocenters. The molecule has 0 fully saturated rings. The molecule has 0 bridgehead atoms. The highest BCUT2D eigenvalue weighted by molar-refractivity contribution is 7.18. The summed E-state index contributed by atoms with van der Waals surface area (Å²) in [5.41, 5.74) is 8.77. The van der Waals surface area contributed by atoms with Crippen molar-refractivity contribution in [3.05, 3.63) is 60.8 Å². The lowest BCUT2D eigenvalue weighted by Gasteiger charge is -1.97. The molecule has 0 radical (unpaired) electrons. The standard InChI is InChI=1S/C15H12N2S/c16-13-8-6-12(7-9-13)15-17-10-14(18-15)11-4-2-1-3-5-11/h1-10H,16H2. The van der Waals surface area contributed by atoms with Crippen LogP contribution in [-0.2, 0) is 0 Å². The lowest BCUT2D eigenvalue weighted by atomic mass is 10.2. The van der Waals surface area contributed by atoms with Gasteiger partial charge in [0.25, 0.3) is 0 Å². The van der Waals surface area contributed by atoms with Gasteiger partial charge in [0.15, 0.2) is 0 Å². The zero-order chi connectivity index (χ0) is 12.4. The second kappa shape index (κ2) is 4.63. The van der Waals surface area contributed by atoms with Crippen molar-refractivity contribution in [3.8, 4) is 21.0 Å². The molecule has 88 valence electrons. The topological polar surface area (TPSA) is 38.9 Å². The Bertz CT molecular complexity index is 642. The number of nitrogens with two attached hydrogens (primary N) is 1. The first-order chi connectivity index (χ1) is 8.83. The predicted molar refractivity (Wildman–Crippen MR) is 77.4 cm³/mol. The van der Waals surface area contributed by atoms with Gasteiger partial charge in [0, 0.05) is 17.4 Å². The first kappa shape index (κ1) is 11.0. The van der Waals surface area contributed by atoms with Crippen LogP contribution in [0.5, 0.6) is 0 Å². The second-order valence-corrected chi connectivity index (χ2v) is 5.05. The normalized spacial score (nSPS) is 10.4. The highest BCUT2D eigenvalue weighted by Gasteiger charge is 2.05. The summed E-state index contributed by atoms with van der Waals surface area (Å²) < 4.78 is 0. The smallest absolute Gasteiger partial charge is 0.123 e. The van der Waals surface area contributed by atoms with Gasteiger partial charge in [0.1, 0.15) is 5.01 Å². The average molecular weight is 252 g/mol. The number of rotatable bonds is 2. The molecule has 3 rings (SSSR count). The summed E-state index contributed by atoms with van der Waals surface area (Å²) in [7, 11) is 0. The van der Waals surface area contributed by atoms with Crippen LogP contribution in [0.3, 0.4) is 0 Å². The molecule has 0 unspecified atom stereocenters. The summed E-state index contributed by atoms with van der Waals surface area (Å²) in [4.78, 5) is 5.65. The van der Waals surface area contributed by atoms with Crippen LogP contribution in [0.15, 0.2) is 60.8 Å². The molecular weight excluding hydrogens is 240 g/mol. The van der Waals surface area contributed by atoms with E-state index in [4.69, 9.17) is 5.73 Å². The van der Waals surface area contributed by atoms with Crippen molar-refractivity contribution in [1.82, 2.24) is 4.98 Å². The van der Waals surface area contributed by atoms with Gasteiger partial charge in [0.2, 0.25) is 0 Å². The summed E-state index contributed by atoms with van der Waals surface area (Å²) in [5.74, 6) is 0. The van der Waals surface area contributed by atoms with E-state index in [1.54, 1.807) is 11.3 Å². The number of nitrogens with zero attached hydrogens (tertiary/aromatic N) is 1. The minimum absolute atomic E-state index is 0.776. The van der Waals surface area contributed by atoms with Crippen molar-refractivity contribution in [3.63, 3.8) is 0 Å². The van der Waals surface area contributed by atoms with Crippen LogP contribution in [-0.4, -0.2) is 4.98 Å². The Morgan fingerprint density at radius 2 is 1.56 bits per heavy atom. The van der Waals surface area contributed by atoms with Crippen LogP contribution in [0.25, 0.3) is 21.0 Å². The molecule has 0 saturated carbocycles. The van der Waals surface area contributed by atoms with Gasteiger partial charge in [-0.05, 0) is 29.8 Å². The zero-order valence-corrected chi connectivity index (χ0v) is 10.5. The van der Waals surface area contributed by atoms with Crippen LogP contribution < -0.4 is 5.73 Å². The number of hydrogen-bond donors (Lipinski definition) is 1. The second-order valence-electron chi connectivity index (χ2n) is 4.02. The van der Waals surface area contributed by atoms with Gasteiger partial charge in [0.05, 0.1) is 4.88 Å². The largest absolute Gasteiger partial charge is 0.399 e. The highest BCUT2D eigenvalue weighted by Crippen LogP contribution is 2.31. The number of anilines is 1. The molecule has 0 amide bonds. The molecule has 0 saturated heterocycles. The molecule has 0 aliphatic rings. The van der Waals surface area contributed by atoms with Crippen molar-refractivity contribution in [2.75, 3.05) is 5.73 Å². The number of aromatic nitrogens is 1. The molecule has 0 aliphatic heterocycles. The Morgan fingerprint density at radius 1 is 0.833 bits per heavy atom. The van der Waals surface area contributed by atoms with Crippen LogP contribution >= 0.6 is 11.3 Å². The van der Waals surface area contributed by atoms with Crippen molar-refractivity contribution in [2.45, 2.75) is 0 Å². The molecule has 1 aromatic heterocycles. The van der Waals surface area contributed by atoms with E-state index in [0.29, 0.717) is 0 Å². The summed E-state index contributed by atoms with van der Waals surface area (Å²) in [6.45, 7) is 0. The Labute approximate surface area is 110 Å². The number of thiazole rings is 1. The van der Waals surface area contributed by atoms with E-state index in [1.165, 1.54) is 10.4 Å². The van der Waals surface area contributed by atoms with Crippen molar-refractivity contribution in [2.24, 2.45) is 0 Å². The monoisotopic (exact) mass is 252 g/mol.